The molecule has 0 aliphatic heterocycles. The smallest absolute Gasteiger partial charge is 0.136 e. The second-order valence-corrected chi connectivity index (χ2v) is 5.66. The Hall–Kier alpha value is -1.03. The molecule has 19 heavy (non-hydrogen) atoms. The Bertz CT molecular complexity index is 574. The molecule has 0 radical (unpaired) electrons. The molecule has 0 aromatic heterocycles. The molecule has 0 saturated carbocycles. The van der Waals surface area contributed by atoms with Crippen molar-refractivity contribution < 1.29 is 4.74 Å². The lowest BCUT2D eigenvalue weighted by Gasteiger charge is -2.19. The third-order valence-corrected chi connectivity index (χ3v) is 3.58. The van der Waals surface area contributed by atoms with Gasteiger partial charge in [0.2, 0.25) is 0 Å². The quantitative estimate of drug-likeness (QED) is 0.890. The first-order valence-electron chi connectivity index (χ1n) is 5.98. The molecule has 0 spiro atoms. The largest absolute Gasteiger partial charge is 0.484 e. The van der Waals surface area contributed by atoms with E-state index >= 15 is 0 Å². The topological polar surface area (TPSA) is 35.2 Å². The summed E-state index contributed by atoms with van der Waals surface area (Å²) in [5.41, 5.74) is 7.90. The summed E-state index contributed by atoms with van der Waals surface area (Å²) in [6, 6.07) is 13.6. The first kappa shape index (κ1) is 14.4. The van der Waals surface area contributed by atoms with Crippen LogP contribution in [0.5, 0.6) is 5.75 Å². The van der Waals surface area contributed by atoms with Crippen LogP contribution in [0.25, 0.3) is 0 Å². The highest BCUT2D eigenvalue weighted by atomic mass is 79.9. The van der Waals surface area contributed by atoms with E-state index in [4.69, 9.17) is 22.1 Å². The van der Waals surface area contributed by atoms with Gasteiger partial charge in [0.15, 0.2) is 0 Å². The third kappa shape index (κ3) is 3.72. The Kier molecular flexibility index (Phi) is 4.86. The zero-order chi connectivity index (χ0) is 13.8. The van der Waals surface area contributed by atoms with E-state index in [2.05, 4.69) is 15.9 Å². The van der Waals surface area contributed by atoms with Crippen LogP contribution in [0.1, 0.15) is 17.2 Å². The predicted molar refractivity (Wildman–Crippen MR) is 82.8 cm³/mol. The molecule has 0 heterocycles. The zero-order valence-electron chi connectivity index (χ0n) is 10.6. The fraction of sp³-hybridized carbons (Fsp3) is 0.200. The highest BCUT2D eigenvalue weighted by Crippen LogP contribution is 2.28. The summed E-state index contributed by atoms with van der Waals surface area (Å²) in [6.45, 7) is 2.39. The van der Waals surface area contributed by atoms with Gasteiger partial charge in [-0.15, -0.1) is 0 Å². The Morgan fingerprint density at radius 2 is 2.05 bits per heavy atom. The lowest BCUT2D eigenvalue weighted by Crippen LogP contribution is -2.18. The predicted octanol–water partition coefficient (Wildman–Crippen LogP) is 4.49. The summed E-state index contributed by atoms with van der Waals surface area (Å²) < 4.78 is 7.00. The van der Waals surface area contributed by atoms with E-state index in [1.165, 1.54) is 0 Å². The van der Waals surface area contributed by atoms with E-state index in [-0.39, 0.29) is 6.10 Å². The maximum absolute atomic E-state index is 6.00. The molecule has 1 unspecified atom stereocenters. The van der Waals surface area contributed by atoms with Gasteiger partial charge in [-0.2, -0.15) is 0 Å². The maximum atomic E-state index is 6.00. The average Bonchev–Trinajstić information content (AvgIpc) is 2.39. The second-order valence-electron chi connectivity index (χ2n) is 4.31. The molecule has 2 aromatic rings. The zero-order valence-corrected chi connectivity index (χ0v) is 12.9. The average molecular weight is 341 g/mol. The first-order chi connectivity index (χ1) is 9.10. The number of benzene rings is 2. The molecule has 0 aliphatic rings. The van der Waals surface area contributed by atoms with Crippen LogP contribution in [0.4, 0.5) is 0 Å². The molecule has 4 heteroatoms. The summed E-state index contributed by atoms with van der Waals surface area (Å²) in [7, 11) is 0. The molecule has 100 valence electrons. The molecule has 2 aromatic carbocycles. The van der Waals surface area contributed by atoms with Crippen molar-refractivity contribution in [3.63, 3.8) is 0 Å². The van der Waals surface area contributed by atoms with Crippen LogP contribution in [0.3, 0.4) is 0 Å². The maximum Gasteiger partial charge on any atom is 0.136 e. The molecule has 0 aliphatic carbocycles. The Labute approximate surface area is 126 Å². The van der Waals surface area contributed by atoms with Crippen molar-refractivity contribution in [3.8, 4) is 5.75 Å². The van der Waals surface area contributed by atoms with Crippen LogP contribution in [-0.2, 0) is 0 Å². The van der Waals surface area contributed by atoms with Gasteiger partial charge >= 0.3 is 0 Å². The van der Waals surface area contributed by atoms with Gasteiger partial charge in [0.05, 0.1) is 0 Å². The van der Waals surface area contributed by atoms with Gasteiger partial charge in [-0.1, -0.05) is 45.7 Å². The number of hydrogen-bond donors (Lipinski definition) is 1. The van der Waals surface area contributed by atoms with Gasteiger partial charge < -0.3 is 10.5 Å². The summed E-state index contributed by atoms with van der Waals surface area (Å²) >= 11 is 9.45. The van der Waals surface area contributed by atoms with Crippen LogP contribution < -0.4 is 10.5 Å². The SMILES string of the molecule is Cc1ccc(Cl)cc1OC(CN)c1cccc(Br)c1. The van der Waals surface area contributed by atoms with E-state index in [1.54, 1.807) is 0 Å². The lowest BCUT2D eigenvalue weighted by molar-refractivity contribution is 0.213. The van der Waals surface area contributed by atoms with Gasteiger partial charge in [-0.3, -0.25) is 0 Å². The van der Waals surface area contributed by atoms with Crippen molar-refractivity contribution in [1.82, 2.24) is 0 Å². The number of rotatable bonds is 4. The lowest BCUT2D eigenvalue weighted by atomic mass is 10.1. The van der Waals surface area contributed by atoms with E-state index in [1.807, 2.05) is 49.4 Å². The third-order valence-electron chi connectivity index (χ3n) is 2.85. The number of aryl methyl sites for hydroxylation is 1. The van der Waals surface area contributed by atoms with Crippen LogP contribution in [0, 0.1) is 6.92 Å². The van der Waals surface area contributed by atoms with Crippen molar-refractivity contribution in [1.29, 1.82) is 0 Å². The van der Waals surface area contributed by atoms with Gasteiger partial charge in [-0.25, -0.2) is 0 Å². The fourth-order valence-corrected chi connectivity index (χ4v) is 2.39. The van der Waals surface area contributed by atoms with Gasteiger partial charge in [-0.05, 0) is 42.3 Å². The molecular weight excluding hydrogens is 326 g/mol. The minimum atomic E-state index is -0.185. The molecule has 2 nitrogen and oxygen atoms in total. The normalized spacial score (nSPS) is 12.2. The summed E-state index contributed by atoms with van der Waals surface area (Å²) in [6.07, 6.45) is -0.185. The monoisotopic (exact) mass is 339 g/mol. The standard InChI is InChI=1S/C15H15BrClNO/c1-10-5-6-13(17)8-14(10)19-15(9-18)11-3-2-4-12(16)7-11/h2-8,15H,9,18H2,1H3. The van der Waals surface area contributed by atoms with E-state index in [0.717, 1.165) is 21.3 Å². The van der Waals surface area contributed by atoms with Gasteiger partial charge in [0.25, 0.3) is 0 Å². The molecular formula is C15H15BrClNO. The summed E-state index contributed by atoms with van der Waals surface area (Å²) in [5.74, 6) is 0.767. The minimum Gasteiger partial charge on any atom is -0.484 e. The Morgan fingerprint density at radius 1 is 1.26 bits per heavy atom. The summed E-state index contributed by atoms with van der Waals surface area (Å²) in [4.78, 5) is 0. The summed E-state index contributed by atoms with van der Waals surface area (Å²) in [5, 5.41) is 0.658. The molecule has 0 amide bonds. The van der Waals surface area contributed by atoms with Crippen molar-refractivity contribution in [2.24, 2.45) is 5.73 Å². The van der Waals surface area contributed by atoms with E-state index in [0.29, 0.717) is 11.6 Å². The molecule has 0 saturated heterocycles. The molecule has 2 N–H and O–H groups in total. The van der Waals surface area contributed by atoms with E-state index < -0.39 is 0 Å². The van der Waals surface area contributed by atoms with E-state index in [9.17, 15) is 0 Å². The second kappa shape index (κ2) is 6.42. The minimum absolute atomic E-state index is 0.185. The van der Waals surface area contributed by atoms with Crippen LogP contribution in [-0.4, -0.2) is 6.54 Å². The Morgan fingerprint density at radius 3 is 2.74 bits per heavy atom. The molecule has 2 rings (SSSR count). The van der Waals surface area contributed by atoms with Crippen LogP contribution in [0.15, 0.2) is 46.9 Å². The van der Waals surface area contributed by atoms with Crippen LogP contribution in [0.2, 0.25) is 5.02 Å². The van der Waals surface area contributed by atoms with Crippen molar-refractivity contribution in [2.45, 2.75) is 13.0 Å². The molecule has 1 atom stereocenters. The number of nitrogens with two attached hydrogens (primary N) is 1. The number of ether oxygens (including phenoxy) is 1. The fourth-order valence-electron chi connectivity index (χ4n) is 1.81. The van der Waals surface area contributed by atoms with Crippen LogP contribution >= 0.6 is 27.5 Å². The van der Waals surface area contributed by atoms with Crippen molar-refractivity contribution in [3.05, 3.63) is 63.1 Å². The molecule has 0 bridgehead atoms. The van der Waals surface area contributed by atoms with Crippen molar-refractivity contribution >= 4 is 27.5 Å². The highest BCUT2D eigenvalue weighted by Gasteiger charge is 2.13. The molecule has 0 fully saturated rings. The Balaban J connectivity index is 2.26. The van der Waals surface area contributed by atoms with Gasteiger partial charge in [0.1, 0.15) is 11.9 Å². The highest BCUT2D eigenvalue weighted by molar-refractivity contribution is 9.10. The van der Waals surface area contributed by atoms with Gasteiger partial charge in [0, 0.05) is 16.0 Å². The number of halogens is 2. The van der Waals surface area contributed by atoms with Crippen molar-refractivity contribution in [2.75, 3.05) is 6.54 Å². The first-order valence-corrected chi connectivity index (χ1v) is 7.15. The number of hydrogen-bond acceptors (Lipinski definition) is 2.